The number of carbonyl (C=O) groups excluding carboxylic acids is 1. The fourth-order valence-corrected chi connectivity index (χ4v) is 4.10. The van der Waals surface area contributed by atoms with Crippen LogP contribution in [0, 0.1) is 0 Å². The van der Waals surface area contributed by atoms with Gasteiger partial charge in [0.15, 0.2) is 16.9 Å². The van der Waals surface area contributed by atoms with Crippen molar-refractivity contribution in [2.24, 2.45) is 7.05 Å². The third-order valence-electron chi connectivity index (χ3n) is 6.08. The van der Waals surface area contributed by atoms with E-state index in [1.165, 1.54) is 17.1 Å². The molecule has 3 aromatic rings. The normalized spacial score (nSPS) is 16.6. The fourth-order valence-electron chi connectivity index (χ4n) is 4.10. The molecule has 1 aromatic carbocycles. The predicted octanol–water partition coefficient (Wildman–Crippen LogP) is 0.891. The summed E-state index contributed by atoms with van der Waals surface area (Å²) in [5.74, 6) is 0.558. The number of carbonyl (C=O) groups is 1. The largest absolute Gasteiger partial charge is 0.329 e. The zero-order valence-electron chi connectivity index (χ0n) is 18.2. The third-order valence-corrected chi connectivity index (χ3v) is 6.08. The molecule has 1 aliphatic heterocycles. The van der Waals surface area contributed by atoms with Crippen molar-refractivity contribution in [1.82, 2.24) is 28.9 Å². The van der Waals surface area contributed by atoms with Crippen LogP contribution in [-0.4, -0.2) is 60.9 Å². The maximum atomic E-state index is 12.6. The lowest BCUT2D eigenvalue weighted by atomic mass is 10.2. The molecule has 2 aromatic heterocycles. The lowest BCUT2D eigenvalue weighted by molar-refractivity contribution is -0.119. The minimum atomic E-state index is -0.544. The summed E-state index contributed by atoms with van der Waals surface area (Å²) in [5, 5.41) is 0. The molecule has 0 bridgehead atoms. The highest BCUT2D eigenvalue weighted by atomic mass is 16.2. The quantitative estimate of drug-likeness (QED) is 0.631. The molecular formula is C22H28N6O3. The zero-order chi connectivity index (χ0) is 22.1. The van der Waals surface area contributed by atoms with Gasteiger partial charge >= 0.3 is 5.69 Å². The summed E-state index contributed by atoms with van der Waals surface area (Å²) in [7, 11) is 1.57. The molecule has 1 saturated heterocycles. The number of aromatic nitrogens is 4. The Labute approximate surface area is 179 Å². The molecule has 9 nitrogen and oxygen atoms in total. The number of nitrogens with zero attached hydrogens (tertiary/aromatic N) is 5. The van der Waals surface area contributed by atoms with Crippen molar-refractivity contribution in [3.05, 3.63) is 62.6 Å². The fraction of sp³-hybridized carbons (Fsp3) is 0.455. The second kappa shape index (κ2) is 8.60. The Kier molecular flexibility index (Phi) is 5.88. The van der Waals surface area contributed by atoms with Crippen LogP contribution in [0.3, 0.4) is 0 Å². The van der Waals surface area contributed by atoms with Gasteiger partial charge in [0.05, 0.1) is 12.6 Å². The number of piperazine rings is 1. The van der Waals surface area contributed by atoms with Crippen molar-refractivity contribution in [1.29, 1.82) is 0 Å². The molecule has 1 unspecified atom stereocenters. The van der Waals surface area contributed by atoms with Gasteiger partial charge in [-0.15, -0.1) is 0 Å². The van der Waals surface area contributed by atoms with E-state index in [-0.39, 0.29) is 11.3 Å². The molecule has 1 atom stereocenters. The van der Waals surface area contributed by atoms with Crippen LogP contribution in [0.4, 0.5) is 0 Å². The molecule has 9 heteroatoms. The van der Waals surface area contributed by atoms with Crippen LogP contribution in [-0.2, 0) is 24.9 Å². The first-order chi connectivity index (χ1) is 14.8. The van der Waals surface area contributed by atoms with Gasteiger partial charge in [0.1, 0.15) is 5.82 Å². The SMILES string of the molecule is CC(=O)C(C)n1c(CN2CCN(Cc3ccccc3)CC2)nc2c1c(=O)[nH]c(=O)n2C. The first kappa shape index (κ1) is 21.2. The number of fused-ring (bicyclic) bond motifs is 1. The van der Waals surface area contributed by atoms with E-state index in [1.54, 1.807) is 18.5 Å². The minimum Gasteiger partial charge on any atom is -0.311 e. The summed E-state index contributed by atoms with van der Waals surface area (Å²) >= 11 is 0. The number of aryl methyl sites for hydroxylation is 1. The number of hydrogen-bond donors (Lipinski definition) is 1. The van der Waals surface area contributed by atoms with Crippen LogP contribution in [0.5, 0.6) is 0 Å². The third kappa shape index (κ3) is 4.24. The van der Waals surface area contributed by atoms with Crippen LogP contribution in [0.1, 0.15) is 31.3 Å². The Bertz CT molecular complexity index is 1200. The van der Waals surface area contributed by atoms with Crippen LogP contribution < -0.4 is 11.2 Å². The van der Waals surface area contributed by atoms with Crippen LogP contribution in [0.15, 0.2) is 39.9 Å². The Hall–Kier alpha value is -3.04. The summed E-state index contributed by atoms with van der Waals surface area (Å²) in [6.45, 7) is 8.27. The molecule has 0 aliphatic carbocycles. The van der Waals surface area contributed by atoms with Crippen molar-refractivity contribution in [3.63, 3.8) is 0 Å². The van der Waals surface area contributed by atoms with E-state index in [9.17, 15) is 14.4 Å². The van der Waals surface area contributed by atoms with Crippen molar-refractivity contribution < 1.29 is 4.79 Å². The molecule has 3 heterocycles. The van der Waals surface area contributed by atoms with E-state index in [0.29, 0.717) is 18.0 Å². The molecule has 0 radical (unpaired) electrons. The second-order valence-electron chi connectivity index (χ2n) is 8.21. The van der Waals surface area contributed by atoms with Crippen molar-refractivity contribution in [2.75, 3.05) is 26.2 Å². The van der Waals surface area contributed by atoms with E-state index in [2.05, 4.69) is 44.0 Å². The zero-order valence-corrected chi connectivity index (χ0v) is 18.2. The summed E-state index contributed by atoms with van der Waals surface area (Å²) in [4.78, 5) is 48.4. The maximum Gasteiger partial charge on any atom is 0.329 e. The summed E-state index contributed by atoms with van der Waals surface area (Å²) in [6.07, 6.45) is 0. The van der Waals surface area contributed by atoms with Gasteiger partial charge in [-0.05, 0) is 19.4 Å². The first-order valence-corrected chi connectivity index (χ1v) is 10.5. The predicted molar refractivity (Wildman–Crippen MR) is 118 cm³/mol. The molecule has 1 aliphatic rings. The molecule has 0 saturated carbocycles. The van der Waals surface area contributed by atoms with Crippen LogP contribution >= 0.6 is 0 Å². The Morgan fingerprint density at radius 1 is 1.06 bits per heavy atom. The Morgan fingerprint density at radius 2 is 1.68 bits per heavy atom. The Balaban J connectivity index is 1.57. The van der Waals surface area contributed by atoms with E-state index in [0.717, 1.165) is 32.7 Å². The number of Topliss-reactive ketones (excluding diaryl/α,β-unsaturated/α-hetero) is 1. The van der Waals surface area contributed by atoms with E-state index >= 15 is 0 Å². The highest BCUT2D eigenvalue weighted by Crippen LogP contribution is 2.20. The number of ketones is 1. The Morgan fingerprint density at radius 3 is 2.29 bits per heavy atom. The smallest absolute Gasteiger partial charge is 0.311 e. The standard InChI is InChI=1S/C22H28N6O3/c1-15(16(2)29)28-18(23-20-19(28)21(30)24-22(31)25(20)3)14-27-11-9-26(10-12-27)13-17-7-5-4-6-8-17/h4-8,15H,9-14H2,1-3H3,(H,24,30,31). The number of H-pyrrole nitrogens is 1. The molecule has 164 valence electrons. The monoisotopic (exact) mass is 424 g/mol. The van der Waals surface area contributed by atoms with Gasteiger partial charge in [0.2, 0.25) is 0 Å². The van der Waals surface area contributed by atoms with Gasteiger partial charge in [-0.1, -0.05) is 30.3 Å². The second-order valence-corrected chi connectivity index (χ2v) is 8.21. The summed E-state index contributed by atoms with van der Waals surface area (Å²) in [5.41, 5.74) is 0.839. The number of benzene rings is 1. The lowest BCUT2D eigenvalue weighted by Gasteiger charge is -2.34. The first-order valence-electron chi connectivity index (χ1n) is 10.5. The van der Waals surface area contributed by atoms with E-state index in [1.807, 2.05) is 6.07 Å². The van der Waals surface area contributed by atoms with Gasteiger partial charge in [0, 0.05) is 39.8 Å². The number of rotatable bonds is 6. The minimum absolute atomic E-state index is 0.0681. The van der Waals surface area contributed by atoms with Crippen molar-refractivity contribution in [3.8, 4) is 0 Å². The molecule has 0 amide bonds. The average Bonchev–Trinajstić information content (AvgIpc) is 3.13. The van der Waals surface area contributed by atoms with Gasteiger partial charge < -0.3 is 4.57 Å². The summed E-state index contributed by atoms with van der Waals surface area (Å²) in [6, 6.07) is 9.87. The molecule has 4 rings (SSSR count). The lowest BCUT2D eigenvalue weighted by Crippen LogP contribution is -2.45. The summed E-state index contributed by atoms with van der Waals surface area (Å²) < 4.78 is 3.01. The molecular weight excluding hydrogens is 396 g/mol. The van der Waals surface area contributed by atoms with Crippen molar-refractivity contribution in [2.45, 2.75) is 33.0 Å². The van der Waals surface area contributed by atoms with Gasteiger partial charge in [0.25, 0.3) is 5.56 Å². The van der Waals surface area contributed by atoms with Crippen LogP contribution in [0.2, 0.25) is 0 Å². The molecule has 1 fully saturated rings. The van der Waals surface area contributed by atoms with Gasteiger partial charge in [-0.2, -0.15) is 0 Å². The maximum absolute atomic E-state index is 12.6. The molecule has 31 heavy (non-hydrogen) atoms. The van der Waals surface area contributed by atoms with Gasteiger partial charge in [-0.25, -0.2) is 9.78 Å². The molecule has 1 N–H and O–H groups in total. The van der Waals surface area contributed by atoms with Gasteiger partial charge in [-0.3, -0.25) is 28.9 Å². The van der Waals surface area contributed by atoms with E-state index in [4.69, 9.17) is 0 Å². The van der Waals surface area contributed by atoms with E-state index < -0.39 is 17.3 Å². The van der Waals surface area contributed by atoms with Crippen LogP contribution in [0.25, 0.3) is 11.2 Å². The molecule has 0 spiro atoms. The number of imidazole rings is 1. The highest BCUT2D eigenvalue weighted by Gasteiger charge is 2.25. The number of aromatic amines is 1. The number of hydrogen-bond acceptors (Lipinski definition) is 6. The van der Waals surface area contributed by atoms with Crippen molar-refractivity contribution >= 4 is 16.9 Å². The average molecular weight is 425 g/mol. The topological polar surface area (TPSA) is 96.2 Å². The highest BCUT2D eigenvalue weighted by molar-refractivity contribution is 5.82. The number of nitrogens with one attached hydrogen (secondary N) is 1.